The summed E-state index contributed by atoms with van der Waals surface area (Å²) in [6.07, 6.45) is -0.100. The van der Waals surface area contributed by atoms with Crippen molar-refractivity contribution in [3.8, 4) is 5.75 Å². The van der Waals surface area contributed by atoms with Crippen LogP contribution in [-0.4, -0.2) is 6.54 Å². The van der Waals surface area contributed by atoms with Gasteiger partial charge < -0.3 is 10.1 Å². The number of rotatable bonds is 1. The summed E-state index contributed by atoms with van der Waals surface area (Å²) in [7, 11) is 0. The Hall–Kier alpha value is -1.55. The fraction of sp³-hybridized carbons (Fsp3) is 0.143. The van der Waals surface area contributed by atoms with Crippen molar-refractivity contribution in [1.82, 2.24) is 0 Å². The van der Waals surface area contributed by atoms with Crippen molar-refractivity contribution in [2.75, 3.05) is 11.9 Å². The third-order valence-corrected chi connectivity index (χ3v) is 3.40. The molecule has 0 fully saturated rings. The number of hydrogen-bond acceptors (Lipinski definition) is 2. The number of halogens is 2. The van der Waals surface area contributed by atoms with E-state index in [2.05, 4.69) is 21.2 Å². The number of hydrogen-bond donors (Lipinski definition) is 1. The lowest BCUT2D eigenvalue weighted by atomic mass is 10.1. The average Bonchev–Trinajstić information content (AvgIpc) is 2.38. The highest BCUT2D eigenvalue weighted by atomic mass is 79.9. The molecule has 0 saturated carbocycles. The van der Waals surface area contributed by atoms with Gasteiger partial charge in [0.15, 0.2) is 0 Å². The molecule has 3 rings (SSSR count). The van der Waals surface area contributed by atoms with E-state index in [4.69, 9.17) is 4.74 Å². The van der Waals surface area contributed by atoms with Crippen LogP contribution >= 0.6 is 15.9 Å². The maximum absolute atomic E-state index is 13.2. The number of benzene rings is 2. The minimum Gasteiger partial charge on any atom is -0.482 e. The first-order valence-electron chi connectivity index (χ1n) is 5.68. The van der Waals surface area contributed by atoms with E-state index in [0.29, 0.717) is 12.3 Å². The first-order valence-corrected chi connectivity index (χ1v) is 6.47. The van der Waals surface area contributed by atoms with Crippen LogP contribution in [-0.2, 0) is 0 Å². The van der Waals surface area contributed by atoms with Crippen molar-refractivity contribution in [2.45, 2.75) is 6.10 Å². The minimum absolute atomic E-state index is 0.100. The van der Waals surface area contributed by atoms with Crippen LogP contribution in [0.2, 0.25) is 0 Å². The first kappa shape index (κ1) is 11.5. The average molecular weight is 308 g/mol. The monoisotopic (exact) mass is 307 g/mol. The Labute approximate surface area is 113 Å². The second kappa shape index (κ2) is 4.61. The molecule has 1 aliphatic heterocycles. The highest BCUT2D eigenvalue weighted by Gasteiger charge is 2.21. The fourth-order valence-electron chi connectivity index (χ4n) is 2.03. The lowest BCUT2D eigenvalue weighted by Gasteiger charge is -2.27. The predicted molar refractivity (Wildman–Crippen MR) is 72.4 cm³/mol. The highest BCUT2D eigenvalue weighted by Crippen LogP contribution is 2.34. The summed E-state index contributed by atoms with van der Waals surface area (Å²) in [5.74, 6) is 0.275. The van der Waals surface area contributed by atoms with Crippen LogP contribution in [0.4, 0.5) is 10.1 Å². The summed E-state index contributed by atoms with van der Waals surface area (Å²) in [6, 6.07) is 12.5. The summed E-state index contributed by atoms with van der Waals surface area (Å²) >= 11 is 3.44. The topological polar surface area (TPSA) is 21.3 Å². The number of ether oxygens (including phenoxy) is 1. The van der Waals surface area contributed by atoms with E-state index in [-0.39, 0.29) is 11.9 Å². The SMILES string of the molecule is Fc1ccc2c(c1)OC(c1cccc(Br)c1)CN2. The van der Waals surface area contributed by atoms with Gasteiger partial charge in [-0.15, -0.1) is 0 Å². The van der Waals surface area contributed by atoms with E-state index in [1.54, 1.807) is 6.07 Å². The Morgan fingerprint density at radius 1 is 1.22 bits per heavy atom. The molecule has 0 spiro atoms. The Morgan fingerprint density at radius 2 is 2.11 bits per heavy atom. The van der Waals surface area contributed by atoms with Gasteiger partial charge >= 0.3 is 0 Å². The molecule has 1 N–H and O–H groups in total. The number of nitrogens with one attached hydrogen (secondary N) is 1. The van der Waals surface area contributed by atoms with Gasteiger partial charge in [-0.05, 0) is 29.8 Å². The van der Waals surface area contributed by atoms with Crippen LogP contribution in [0.5, 0.6) is 5.75 Å². The van der Waals surface area contributed by atoms with E-state index >= 15 is 0 Å². The van der Waals surface area contributed by atoms with Gasteiger partial charge in [-0.25, -0.2) is 4.39 Å². The Bertz CT molecular complexity index is 588. The van der Waals surface area contributed by atoms with Gasteiger partial charge in [0.2, 0.25) is 0 Å². The summed E-state index contributed by atoms with van der Waals surface area (Å²) < 4.78 is 20.0. The van der Waals surface area contributed by atoms with Crippen LogP contribution in [0, 0.1) is 5.82 Å². The van der Waals surface area contributed by atoms with E-state index in [0.717, 1.165) is 15.7 Å². The molecule has 0 saturated heterocycles. The zero-order valence-electron chi connectivity index (χ0n) is 9.49. The fourth-order valence-corrected chi connectivity index (χ4v) is 2.45. The van der Waals surface area contributed by atoms with Crippen LogP contribution in [0.3, 0.4) is 0 Å². The molecule has 4 heteroatoms. The summed E-state index contributed by atoms with van der Waals surface area (Å²) in [4.78, 5) is 0. The standard InChI is InChI=1S/C14H11BrFNO/c15-10-3-1-2-9(6-10)14-8-17-12-5-4-11(16)7-13(12)18-14/h1-7,14,17H,8H2. The second-order valence-electron chi connectivity index (χ2n) is 4.18. The molecule has 2 nitrogen and oxygen atoms in total. The first-order chi connectivity index (χ1) is 8.72. The smallest absolute Gasteiger partial charge is 0.146 e. The third-order valence-electron chi connectivity index (χ3n) is 2.91. The minimum atomic E-state index is -0.287. The van der Waals surface area contributed by atoms with Gasteiger partial charge in [0, 0.05) is 10.5 Å². The van der Waals surface area contributed by atoms with Crippen molar-refractivity contribution < 1.29 is 9.13 Å². The Kier molecular flexibility index (Phi) is 2.96. The molecule has 18 heavy (non-hydrogen) atoms. The predicted octanol–water partition coefficient (Wildman–Crippen LogP) is 4.13. The molecule has 0 aromatic heterocycles. The van der Waals surface area contributed by atoms with Crippen LogP contribution < -0.4 is 10.1 Å². The van der Waals surface area contributed by atoms with Crippen LogP contribution in [0.15, 0.2) is 46.9 Å². The summed E-state index contributed by atoms with van der Waals surface area (Å²) in [5, 5.41) is 3.25. The molecule has 1 unspecified atom stereocenters. The molecule has 92 valence electrons. The zero-order valence-corrected chi connectivity index (χ0v) is 11.1. The molecule has 0 aliphatic carbocycles. The zero-order chi connectivity index (χ0) is 12.5. The molecule has 0 amide bonds. The molecule has 0 radical (unpaired) electrons. The van der Waals surface area contributed by atoms with Gasteiger partial charge in [-0.3, -0.25) is 0 Å². The van der Waals surface area contributed by atoms with Gasteiger partial charge in [0.05, 0.1) is 12.2 Å². The van der Waals surface area contributed by atoms with Gasteiger partial charge in [0.25, 0.3) is 0 Å². The maximum Gasteiger partial charge on any atom is 0.146 e. The molecule has 1 atom stereocenters. The highest BCUT2D eigenvalue weighted by molar-refractivity contribution is 9.10. The van der Waals surface area contributed by atoms with E-state index in [1.165, 1.54) is 12.1 Å². The number of fused-ring (bicyclic) bond motifs is 1. The molecule has 1 heterocycles. The Morgan fingerprint density at radius 3 is 2.94 bits per heavy atom. The van der Waals surface area contributed by atoms with Crippen molar-refractivity contribution in [2.24, 2.45) is 0 Å². The molecular weight excluding hydrogens is 297 g/mol. The lowest BCUT2D eigenvalue weighted by Crippen LogP contribution is -2.23. The summed E-state index contributed by atoms with van der Waals surface area (Å²) in [6.45, 7) is 0.676. The van der Waals surface area contributed by atoms with E-state index in [1.807, 2.05) is 24.3 Å². The maximum atomic E-state index is 13.2. The molecule has 1 aliphatic rings. The van der Waals surface area contributed by atoms with E-state index < -0.39 is 0 Å². The Balaban J connectivity index is 1.90. The lowest BCUT2D eigenvalue weighted by molar-refractivity contribution is 0.209. The normalized spacial score (nSPS) is 17.6. The van der Waals surface area contributed by atoms with E-state index in [9.17, 15) is 4.39 Å². The molecule has 2 aromatic rings. The van der Waals surface area contributed by atoms with Crippen molar-refractivity contribution in [3.05, 3.63) is 58.3 Å². The van der Waals surface area contributed by atoms with Crippen molar-refractivity contribution in [3.63, 3.8) is 0 Å². The third kappa shape index (κ3) is 2.20. The second-order valence-corrected chi connectivity index (χ2v) is 5.10. The van der Waals surface area contributed by atoms with Crippen molar-refractivity contribution in [1.29, 1.82) is 0 Å². The molecule has 2 aromatic carbocycles. The quantitative estimate of drug-likeness (QED) is 0.855. The summed E-state index contributed by atoms with van der Waals surface area (Å²) in [5.41, 5.74) is 1.90. The molecule has 0 bridgehead atoms. The number of anilines is 1. The molecular formula is C14H11BrFNO. The largest absolute Gasteiger partial charge is 0.482 e. The van der Waals surface area contributed by atoms with Gasteiger partial charge in [-0.2, -0.15) is 0 Å². The van der Waals surface area contributed by atoms with Crippen molar-refractivity contribution >= 4 is 21.6 Å². The van der Waals surface area contributed by atoms with Crippen LogP contribution in [0.1, 0.15) is 11.7 Å². The van der Waals surface area contributed by atoms with Crippen LogP contribution in [0.25, 0.3) is 0 Å². The van der Waals surface area contributed by atoms with Gasteiger partial charge in [0.1, 0.15) is 17.7 Å². The van der Waals surface area contributed by atoms with Gasteiger partial charge in [-0.1, -0.05) is 28.1 Å².